The third kappa shape index (κ3) is 3.61. The van der Waals surface area contributed by atoms with E-state index >= 15 is 0 Å². The molecule has 0 bridgehead atoms. The van der Waals surface area contributed by atoms with Gasteiger partial charge in [-0.05, 0) is 42.7 Å². The molecule has 1 atom stereocenters. The molecule has 0 aliphatic rings. The van der Waals surface area contributed by atoms with E-state index in [0.717, 1.165) is 11.1 Å². The number of alkyl halides is 1. The fraction of sp³-hybridized carbons (Fsp3) is 0.235. The lowest BCUT2D eigenvalue weighted by molar-refractivity contribution is 0.0953. The first-order valence-corrected chi connectivity index (χ1v) is 7.06. The predicted octanol–water partition coefficient (Wildman–Crippen LogP) is 4.01. The minimum atomic E-state index is -0.216. The molecular weight excluding hydrogens is 270 g/mol. The lowest BCUT2D eigenvalue weighted by Crippen LogP contribution is -2.26. The van der Waals surface area contributed by atoms with Crippen LogP contribution in [-0.4, -0.2) is 12.5 Å². The van der Waals surface area contributed by atoms with Crippen LogP contribution in [0.4, 0.5) is 0 Å². The topological polar surface area (TPSA) is 29.1 Å². The summed E-state index contributed by atoms with van der Waals surface area (Å²) in [6.45, 7) is 4.44. The van der Waals surface area contributed by atoms with Gasteiger partial charge in [0.05, 0.1) is 5.38 Å². The zero-order valence-corrected chi connectivity index (χ0v) is 12.4. The first-order valence-electron chi connectivity index (χ1n) is 6.62. The minimum absolute atomic E-state index is 0.0883. The largest absolute Gasteiger partial charge is 0.350 e. The second kappa shape index (κ2) is 6.58. The van der Waals surface area contributed by atoms with Crippen molar-refractivity contribution in [2.75, 3.05) is 6.54 Å². The van der Waals surface area contributed by atoms with E-state index in [2.05, 4.69) is 5.32 Å². The van der Waals surface area contributed by atoms with Crippen molar-refractivity contribution in [1.29, 1.82) is 0 Å². The maximum Gasteiger partial charge on any atom is 0.251 e. The van der Waals surface area contributed by atoms with Crippen molar-refractivity contribution in [1.82, 2.24) is 5.32 Å². The number of nitrogens with one attached hydrogen (secondary N) is 1. The summed E-state index contributed by atoms with van der Waals surface area (Å²) in [5.41, 5.74) is 3.98. The number of aryl methyl sites for hydroxylation is 2. The van der Waals surface area contributed by atoms with Crippen LogP contribution in [0.15, 0.2) is 48.5 Å². The zero-order chi connectivity index (χ0) is 14.5. The molecule has 0 heterocycles. The van der Waals surface area contributed by atoms with Crippen LogP contribution in [0.2, 0.25) is 0 Å². The summed E-state index contributed by atoms with van der Waals surface area (Å²) in [5, 5.41) is 2.66. The molecule has 1 unspecified atom stereocenters. The maximum atomic E-state index is 12.1. The van der Waals surface area contributed by atoms with Crippen molar-refractivity contribution < 1.29 is 4.79 Å². The average molecular weight is 288 g/mol. The number of amides is 1. The van der Waals surface area contributed by atoms with Gasteiger partial charge in [0.2, 0.25) is 0 Å². The molecule has 2 rings (SSSR count). The van der Waals surface area contributed by atoms with Gasteiger partial charge in [0.15, 0.2) is 0 Å². The third-order valence-electron chi connectivity index (χ3n) is 3.37. The number of rotatable bonds is 4. The van der Waals surface area contributed by atoms with Crippen LogP contribution >= 0.6 is 11.6 Å². The van der Waals surface area contributed by atoms with Gasteiger partial charge < -0.3 is 5.32 Å². The first kappa shape index (κ1) is 14.6. The second-order valence-electron chi connectivity index (χ2n) is 4.89. The summed E-state index contributed by atoms with van der Waals surface area (Å²) in [7, 11) is 0. The Morgan fingerprint density at radius 1 is 1.10 bits per heavy atom. The van der Waals surface area contributed by atoms with E-state index in [1.54, 1.807) is 0 Å². The van der Waals surface area contributed by atoms with Crippen LogP contribution in [-0.2, 0) is 0 Å². The molecule has 0 saturated heterocycles. The van der Waals surface area contributed by atoms with Crippen molar-refractivity contribution in [3.63, 3.8) is 0 Å². The molecule has 2 aromatic carbocycles. The van der Waals surface area contributed by atoms with E-state index in [9.17, 15) is 4.79 Å². The van der Waals surface area contributed by atoms with Crippen molar-refractivity contribution in [3.05, 3.63) is 70.8 Å². The molecular formula is C17H18ClNO. The fourth-order valence-corrected chi connectivity index (χ4v) is 2.17. The summed E-state index contributed by atoms with van der Waals surface area (Å²) >= 11 is 6.28. The highest BCUT2D eigenvalue weighted by Gasteiger charge is 2.11. The number of benzene rings is 2. The molecule has 0 aliphatic heterocycles. The molecule has 0 aromatic heterocycles. The van der Waals surface area contributed by atoms with Gasteiger partial charge in [-0.25, -0.2) is 0 Å². The quantitative estimate of drug-likeness (QED) is 0.846. The molecule has 0 aliphatic carbocycles. The Hall–Kier alpha value is -1.80. The van der Waals surface area contributed by atoms with Gasteiger partial charge >= 0.3 is 0 Å². The van der Waals surface area contributed by atoms with Crippen LogP contribution < -0.4 is 5.32 Å². The van der Waals surface area contributed by atoms with E-state index in [4.69, 9.17) is 11.6 Å². The Morgan fingerprint density at radius 3 is 2.45 bits per heavy atom. The second-order valence-corrected chi connectivity index (χ2v) is 5.41. The van der Waals surface area contributed by atoms with E-state index in [-0.39, 0.29) is 11.3 Å². The van der Waals surface area contributed by atoms with Crippen molar-refractivity contribution in [2.45, 2.75) is 19.2 Å². The monoisotopic (exact) mass is 287 g/mol. The highest BCUT2D eigenvalue weighted by Crippen LogP contribution is 2.19. The standard InChI is InChI=1S/C17H18ClNO/c1-12-8-9-15(10-13(12)2)17(20)19-11-16(18)14-6-4-3-5-7-14/h3-10,16H,11H2,1-2H3,(H,19,20). The lowest BCUT2D eigenvalue weighted by Gasteiger charge is -2.12. The van der Waals surface area contributed by atoms with Gasteiger partial charge in [-0.15, -0.1) is 11.6 Å². The number of carbonyl (C=O) groups is 1. The molecule has 0 radical (unpaired) electrons. The molecule has 0 saturated carbocycles. The molecule has 2 aromatic rings. The number of hydrogen-bond acceptors (Lipinski definition) is 1. The van der Waals surface area contributed by atoms with E-state index < -0.39 is 0 Å². The molecule has 2 nitrogen and oxygen atoms in total. The summed E-state index contributed by atoms with van der Waals surface area (Å²) < 4.78 is 0. The molecule has 20 heavy (non-hydrogen) atoms. The maximum absolute atomic E-state index is 12.1. The normalized spacial score (nSPS) is 11.9. The van der Waals surface area contributed by atoms with Gasteiger partial charge in [0.25, 0.3) is 5.91 Å². The van der Waals surface area contributed by atoms with Gasteiger partial charge in [-0.2, -0.15) is 0 Å². The van der Waals surface area contributed by atoms with Crippen LogP contribution in [0, 0.1) is 13.8 Å². The third-order valence-corrected chi connectivity index (χ3v) is 3.78. The van der Waals surface area contributed by atoms with E-state index in [1.807, 2.05) is 62.4 Å². The predicted molar refractivity (Wildman–Crippen MR) is 83.3 cm³/mol. The summed E-state index contributed by atoms with van der Waals surface area (Å²) in [6, 6.07) is 15.4. The smallest absolute Gasteiger partial charge is 0.251 e. The Balaban J connectivity index is 1.97. The Kier molecular flexibility index (Phi) is 4.80. The van der Waals surface area contributed by atoms with Crippen LogP contribution in [0.25, 0.3) is 0 Å². The molecule has 104 valence electrons. The number of carbonyl (C=O) groups excluding carboxylic acids is 1. The fourth-order valence-electron chi connectivity index (χ4n) is 1.95. The van der Waals surface area contributed by atoms with Gasteiger partial charge in [-0.3, -0.25) is 4.79 Å². The SMILES string of the molecule is Cc1ccc(C(=O)NCC(Cl)c2ccccc2)cc1C. The Bertz CT molecular complexity index is 595. The van der Waals surface area contributed by atoms with Crippen molar-refractivity contribution >= 4 is 17.5 Å². The number of hydrogen-bond donors (Lipinski definition) is 1. The van der Waals surface area contributed by atoms with Gasteiger partial charge in [-0.1, -0.05) is 36.4 Å². The minimum Gasteiger partial charge on any atom is -0.350 e. The van der Waals surface area contributed by atoms with Crippen LogP contribution in [0.1, 0.15) is 32.4 Å². The van der Waals surface area contributed by atoms with Gasteiger partial charge in [0, 0.05) is 12.1 Å². The summed E-state index contributed by atoms with van der Waals surface area (Å²) in [6.07, 6.45) is 0. The highest BCUT2D eigenvalue weighted by atomic mass is 35.5. The first-order chi connectivity index (χ1) is 9.58. The molecule has 0 fully saturated rings. The molecule has 1 amide bonds. The zero-order valence-electron chi connectivity index (χ0n) is 11.7. The van der Waals surface area contributed by atoms with Crippen molar-refractivity contribution in [3.8, 4) is 0 Å². The van der Waals surface area contributed by atoms with Crippen LogP contribution in [0.5, 0.6) is 0 Å². The lowest BCUT2D eigenvalue weighted by atomic mass is 10.1. The van der Waals surface area contributed by atoms with Crippen molar-refractivity contribution in [2.24, 2.45) is 0 Å². The van der Waals surface area contributed by atoms with E-state index in [0.29, 0.717) is 12.1 Å². The Morgan fingerprint density at radius 2 is 1.80 bits per heavy atom. The van der Waals surface area contributed by atoms with Crippen LogP contribution in [0.3, 0.4) is 0 Å². The molecule has 3 heteroatoms. The Labute approximate surface area is 124 Å². The summed E-state index contributed by atoms with van der Waals surface area (Å²) in [5.74, 6) is -0.0883. The van der Waals surface area contributed by atoms with E-state index in [1.165, 1.54) is 5.56 Å². The van der Waals surface area contributed by atoms with Gasteiger partial charge in [0.1, 0.15) is 0 Å². The summed E-state index contributed by atoms with van der Waals surface area (Å²) in [4.78, 5) is 12.1. The highest BCUT2D eigenvalue weighted by molar-refractivity contribution is 6.21. The molecule has 0 spiro atoms. The molecule has 1 N–H and O–H groups in total. The number of halogens is 1. The average Bonchev–Trinajstić information content (AvgIpc) is 2.48.